The average molecular weight is 255 g/mol. The van der Waals surface area contributed by atoms with E-state index in [0.29, 0.717) is 24.1 Å². The van der Waals surface area contributed by atoms with Gasteiger partial charge < -0.3 is 10.2 Å². The van der Waals surface area contributed by atoms with Crippen LogP contribution in [0.3, 0.4) is 0 Å². The summed E-state index contributed by atoms with van der Waals surface area (Å²) in [7, 11) is 0. The number of aryl methyl sites for hydroxylation is 1. The topological polar surface area (TPSA) is 71.3 Å². The third-order valence-corrected chi connectivity index (χ3v) is 2.87. The predicted octanol–water partition coefficient (Wildman–Crippen LogP) is 1.53. The molecule has 90 valence electrons. The van der Waals surface area contributed by atoms with Crippen LogP contribution in [0.25, 0.3) is 0 Å². The number of pyridine rings is 1. The Hall–Kier alpha value is -1.82. The van der Waals surface area contributed by atoms with Crippen molar-refractivity contribution >= 4 is 17.3 Å². The standard InChI is InChI=1S/C10H11ClN4O2/c1-7-4-8(5-13-10(7)11)14-3-2-12-9(14)6-15(16)17/h4-6,12H,2-3H2,1H3. The highest BCUT2D eigenvalue weighted by Gasteiger charge is 2.21. The van der Waals surface area contributed by atoms with E-state index in [1.807, 2.05) is 13.0 Å². The number of nitrogens with one attached hydrogen (secondary N) is 1. The first-order chi connectivity index (χ1) is 8.08. The Bertz CT molecular complexity index is 489. The molecule has 0 radical (unpaired) electrons. The molecule has 6 nitrogen and oxygen atoms in total. The van der Waals surface area contributed by atoms with Crippen LogP contribution in [-0.4, -0.2) is 23.0 Å². The summed E-state index contributed by atoms with van der Waals surface area (Å²) >= 11 is 5.84. The molecule has 0 aromatic carbocycles. The average Bonchev–Trinajstić information content (AvgIpc) is 2.69. The highest BCUT2D eigenvalue weighted by atomic mass is 35.5. The number of aromatic nitrogens is 1. The SMILES string of the molecule is Cc1cc(N2CCNC2=C[N+](=O)[O-])cnc1Cl. The first-order valence-electron chi connectivity index (χ1n) is 5.07. The van der Waals surface area contributed by atoms with Gasteiger partial charge in [0.05, 0.1) is 16.8 Å². The van der Waals surface area contributed by atoms with Crippen molar-refractivity contribution in [2.75, 3.05) is 18.0 Å². The lowest BCUT2D eigenvalue weighted by atomic mass is 10.3. The van der Waals surface area contributed by atoms with E-state index in [0.717, 1.165) is 17.5 Å². The Morgan fingerprint density at radius 2 is 2.47 bits per heavy atom. The van der Waals surface area contributed by atoms with Crippen LogP contribution >= 0.6 is 11.6 Å². The summed E-state index contributed by atoms with van der Waals surface area (Å²) in [5.74, 6) is 0.471. The first-order valence-corrected chi connectivity index (χ1v) is 5.44. The normalized spacial score (nSPS) is 17.3. The molecular formula is C10H11ClN4O2. The van der Waals surface area contributed by atoms with Gasteiger partial charge in [-0.1, -0.05) is 11.6 Å². The number of hydrogen-bond donors (Lipinski definition) is 1. The molecule has 7 heteroatoms. The third kappa shape index (κ3) is 2.47. The Labute approximate surface area is 103 Å². The molecule has 0 amide bonds. The zero-order valence-corrected chi connectivity index (χ0v) is 9.94. The molecule has 1 aromatic heterocycles. The molecule has 1 aromatic rings. The lowest BCUT2D eigenvalue weighted by Crippen LogP contribution is -2.20. The van der Waals surface area contributed by atoms with E-state index in [-0.39, 0.29) is 0 Å². The minimum Gasteiger partial charge on any atom is -0.365 e. The Kier molecular flexibility index (Phi) is 3.14. The summed E-state index contributed by atoms with van der Waals surface area (Å²) < 4.78 is 0. The van der Waals surface area contributed by atoms with Gasteiger partial charge in [0, 0.05) is 13.1 Å². The smallest absolute Gasteiger partial charge is 0.274 e. The monoisotopic (exact) mass is 254 g/mol. The molecule has 1 aliphatic heterocycles. The van der Waals surface area contributed by atoms with Crippen LogP contribution in [0.4, 0.5) is 5.69 Å². The number of rotatable bonds is 2. The van der Waals surface area contributed by atoms with E-state index in [2.05, 4.69) is 10.3 Å². The van der Waals surface area contributed by atoms with Gasteiger partial charge in [-0.3, -0.25) is 10.1 Å². The van der Waals surface area contributed by atoms with Gasteiger partial charge in [-0.2, -0.15) is 0 Å². The van der Waals surface area contributed by atoms with Crippen molar-refractivity contribution in [3.8, 4) is 0 Å². The first kappa shape index (κ1) is 11.7. The van der Waals surface area contributed by atoms with Crippen molar-refractivity contribution in [3.63, 3.8) is 0 Å². The van der Waals surface area contributed by atoms with Crippen LogP contribution < -0.4 is 10.2 Å². The summed E-state index contributed by atoms with van der Waals surface area (Å²) in [6.07, 6.45) is 2.56. The number of nitrogens with zero attached hydrogens (tertiary/aromatic N) is 3. The maximum Gasteiger partial charge on any atom is 0.274 e. The van der Waals surface area contributed by atoms with Gasteiger partial charge in [-0.05, 0) is 18.6 Å². The highest BCUT2D eigenvalue weighted by molar-refractivity contribution is 6.30. The van der Waals surface area contributed by atoms with Crippen LogP contribution in [0.1, 0.15) is 5.56 Å². The zero-order valence-electron chi connectivity index (χ0n) is 9.18. The predicted molar refractivity (Wildman–Crippen MR) is 64.4 cm³/mol. The molecule has 0 bridgehead atoms. The fourth-order valence-corrected chi connectivity index (χ4v) is 1.79. The van der Waals surface area contributed by atoms with Crippen LogP contribution in [-0.2, 0) is 0 Å². The van der Waals surface area contributed by atoms with Crippen molar-refractivity contribution < 1.29 is 4.92 Å². The Morgan fingerprint density at radius 3 is 3.12 bits per heavy atom. The number of anilines is 1. The molecule has 2 heterocycles. The van der Waals surface area contributed by atoms with E-state index in [4.69, 9.17) is 11.6 Å². The summed E-state index contributed by atoms with van der Waals surface area (Å²) in [6.45, 7) is 3.18. The molecule has 2 rings (SSSR count). The van der Waals surface area contributed by atoms with E-state index in [1.165, 1.54) is 0 Å². The van der Waals surface area contributed by atoms with Crippen LogP contribution in [0.15, 0.2) is 24.3 Å². The fourth-order valence-electron chi connectivity index (χ4n) is 1.69. The number of hydrogen-bond acceptors (Lipinski definition) is 5. The van der Waals surface area contributed by atoms with Crippen molar-refractivity contribution in [1.82, 2.24) is 10.3 Å². The lowest BCUT2D eigenvalue weighted by molar-refractivity contribution is -0.403. The van der Waals surface area contributed by atoms with Gasteiger partial charge in [0.2, 0.25) is 0 Å². The molecule has 1 fully saturated rings. The van der Waals surface area contributed by atoms with Crippen LogP contribution in [0.2, 0.25) is 5.15 Å². The molecule has 0 unspecified atom stereocenters. The van der Waals surface area contributed by atoms with E-state index in [9.17, 15) is 10.1 Å². The van der Waals surface area contributed by atoms with Crippen molar-refractivity contribution in [1.29, 1.82) is 0 Å². The molecule has 0 spiro atoms. The summed E-state index contributed by atoms with van der Waals surface area (Å²) in [4.78, 5) is 15.8. The lowest BCUT2D eigenvalue weighted by Gasteiger charge is -2.17. The van der Waals surface area contributed by atoms with E-state index in [1.54, 1.807) is 11.1 Å². The number of halogens is 1. The molecule has 0 saturated carbocycles. The maximum absolute atomic E-state index is 10.5. The second-order valence-electron chi connectivity index (χ2n) is 3.68. The fraction of sp³-hybridized carbons (Fsp3) is 0.300. The minimum absolute atomic E-state index is 0.445. The Balaban J connectivity index is 2.32. The van der Waals surface area contributed by atoms with Gasteiger partial charge >= 0.3 is 0 Å². The molecule has 0 atom stereocenters. The van der Waals surface area contributed by atoms with Crippen molar-refractivity contribution in [3.05, 3.63) is 45.1 Å². The van der Waals surface area contributed by atoms with E-state index >= 15 is 0 Å². The largest absolute Gasteiger partial charge is 0.365 e. The Morgan fingerprint density at radius 1 is 1.71 bits per heavy atom. The van der Waals surface area contributed by atoms with E-state index < -0.39 is 4.92 Å². The van der Waals surface area contributed by atoms with Crippen LogP contribution in [0, 0.1) is 17.0 Å². The summed E-state index contributed by atoms with van der Waals surface area (Å²) in [5.41, 5.74) is 1.64. The minimum atomic E-state index is -0.475. The summed E-state index contributed by atoms with van der Waals surface area (Å²) in [5, 5.41) is 13.9. The van der Waals surface area contributed by atoms with Gasteiger partial charge in [-0.25, -0.2) is 4.98 Å². The van der Waals surface area contributed by atoms with Gasteiger partial charge in [-0.15, -0.1) is 0 Å². The maximum atomic E-state index is 10.5. The van der Waals surface area contributed by atoms with Gasteiger partial charge in [0.15, 0.2) is 5.82 Å². The highest BCUT2D eigenvalue weighted by Crippen LogP contribution is 2.23. The number of nitro groups is 1. The zero-order chi connectivity index (χ0) is 12.4. The molecule has 17 heavy (non-hydrogen) atoms. The molecule has 1 saturated heterocycles. The summed E-state index contributed by atoms with van der Waals surface area (Å²) in [6, 6.07) is 1.86. The van der Waals surface area contributed by atoms with Crippen molar-refractivity contribution in [2.24, 2.45) is 0 Å². The molecular weight excluding hydrogens is 244 g/mol. The second-order valence-corrected chi connectivity index (χ2v) is 4.04. The molecule has 1 N–H and O–H groups in total. The quantitative estimate of drug-likeness (QED) is 0.492. The van der Waals surface area contributed by atoms with Crippen molar-refractivity contribution in [2.45, 2.75) is 6.92 Å². The second kappa shape index (κ2) is 4.58. The van der Waals surface area contributed by atoms with Crippen LogP contribution in [0.5, 0.6) is 0 Å². The molecule has 1 aliphatic rings. The molecule has 0 aliphatic carbocycles. The van der Waals surface area contributed by atoms with Gasteiger partial charge in [0.25, 0.3) is 6.20 Å². The van der Waals surface area contributed by atoms with Gasteiger partial charge in [0.1, 0.15) is 5.15 Å². The third-order valence-electron chi connectivity index (χ3n) is 2.47.